The lowest BCUT2D eigenvalue weighted by Gasteiger charge is -2.32. The highest BCUT2D eigenvalue weighted by atomic mass is 16.5. The molecule has 1 aliphatic heterocycles. The molecular weight excluding hydrogens is 236 g/mol. The van der Waals surface area contributed by atoms with Crippen LogP contribution in [0.4, 0.5) is 0 Å². The molecule has 19 heavy (non-hydrogen) atoms. The molecular formula is C16H26N2O. The number of nitrogens with zero attached hydrogens (tertiary/aromatic N) is 1. The van der Waals surface area contributed by atoms with Crippen molar-refractivity contribution >= 4 is 0 Å². The molecule has 1 aromatic rings. The van der Waals surface area contributed by atoms with Gasteiger partial charge in [-0.2, -0.15) is 0 Å². The number of rotatable bonds is 5. The molecule has 0 radical (unpaired) electrons. The topological polar surface area (TPSA) is 38.5 Å². The molecule has 0 spiro atoms. The second kappa shape index (κ2) is 7.04. The first-order chi connectivity index (χ1) is 9.22. The van der Waals surface area contributed by atoms with E-state index in [4.69, 9.17) is 10.5 Å². The molecule has 2 rings (SSSR count). The Morgan fingerprint density at radius 2 is 2.05 bits per heavy atom. The number of likely N-dealkylation sites (tertiary alicyclic amines) is 1. The van der Waals surface area contributed by atoms with Crippen molar-refractivity contribution in [2.45, 2.75) is 45.9 Å². The van der Waals surface area contributed by atoms with Gasteiger partial charge in [-0.05, 0) is 43.4 Å². The molecule has 0 saturated carbocycles. The molecule has 1 aliphatic rings. The van der Waals surface area contributed by atoms with Crippen LogP contribution < -0.4 is 5.73 Å². The van der Waals surface area contributed by atoms with Gasteiger partial charge in [-0.3, -0.25) is 4.90 Å². The van der Waals surface area contributed by atoms with E-state index < -0.39 is 0 Å². The molecule has 1 aromatic carbocycles. The smallest absolute Gasteiger partial charge is 0.0599 e. The lowest BCUT2D eigenvalue weighted by Crippen LogP contribution is -2.36. The van der Waals surface area contributed by atoms with Crippen molar-refractivity contribution in [3.63, 3.8) is 0 Å². The predicted molar refractivity (Wildman–Crippen MR) is 79.0 cm³/mol. The van der Waals surface area contributed by atoms with Crippen LogP contribution in [0, 0.1) is 6.92 Å². The Morgan fingerprint density at radius 3 is 2.63 bits per heavy atom. The Balaban J connectivity index is 1.88. The molecule has 1 heterocycles. The van der Waals surface area contributed by atoms with Crippen molar-refractivity contribution in [2.75, 3.05) is 19.7 Å². The van der Waals surface area contributed by atoms with E-state index >= 15 is 0 Å². The van der Waals surface area contributed by atoms with Gasteiger partial charge < -0.3 is 10.5 Å². The SMILES string of the molecule is CCOC1CCN(Cc2ccc(CN)cc2C)CC1. The highest BCUT2D eigenvalue weighted by molar-refractivity contribution is 5.31. The predicted octanol–water partition coefficient (Wildman–Crippen LogP) is 2.45. The quantitative estimate of drug-likeness (QED) is 0.886. The zero-order valence-corrected chi connectivity index (χ0v) is 12.2. The van der Waals surface area contributed by atoms with E-state index in [9.17, 15) is 0 Å². The van der Waals surface area contributed by atoms with Crippen LogP contribution in [0.5, 0.6) is 0 Å². The summed E-state index contributed by atoms with van der Waals surface area (Å²) in [5.74, 6) is 0. The van der Waals surface area contributed by atoms with Gasteiger partial charge in [0, 0.05) is 32.8 Å². The average Bonchev–Trinajstić information content (AvgIpc) is 2.43. The Hall–Kier alpha value is -0.900. The second-order valence-electron chi connectivity index (χ2n) is 5.40. The number of nitrogens with two attached hydrogens (primary N) is 1. The zero-order valence-electron chi connectivity index (χ0n) is 12.2. The van der Waals surface area contributed by atoms with E-state index in [1.807, 2.05) is 0 Å². The van der Waals surface area contributed by atoms with Gasteiger partial charge in [0.2, 0.25) is 0 Å². The molecule has 0 amide bonds. The summed E-state index contributed by atoms with van der Waals surface area (Å²) in [5.41, 5.74) is 9.67. The van der Waals surface area contributed by atoms with Crippen molar-refractivity contribution in [1.82, 2.24) is 4.90 Å². The minimum atomic E-state index is 0.474. The molecule has 0 atom stereocenters. The van der Waals surface area contributed by atoms with Gasteiger partial charge in [0.1, 0.15) is 0 Å². The van der Waals surface area contributed by atoms with Gasteiger partial charge in [-0.1, -0.05) is 18.2 Å². The first-order valence-corrected chi connectivity index (χ1v) is 7.35. The molecule has 0 unspecified atom stereocenters. The van der Waals surface area contributed by atoms with Gasteiger partial charge in [0.15, 0.2) is 0 Å². The standard InChI is InChI=1S/C16H26N2O/c1-3-19-16-6-8-18(9-7-16)12-15-5-4-14(11-17)10-13(15)2/h4-5,10,16H,3,6-9,11-12,17H2,1-2H3. The number of piperidine rings is 1. The largest absolute Gasteiger partial charge is 0.378 e. The third-order valence-electron chi connectivity index (χ3n) is 3.97. The highest BCUT2D eigenvalue weighted by Crippen LogP contribution is 2.18. The van der Waals surface area contributed by atoms with Gasteiger partial charge in [0.05, 0.1) is 6.10 Å². The van der Waals surface area contributed by atoms with Gasteiger partial charge in [0.25, 0.3) is 0 Å². The number of aryl methyl sites for hydroxylation is 1. The first kappa shape index (κ1) is 14.5. The monoisotopic (exact) mass is 262 g/mol. The Morgan fingerprint density at radius 1 is 1.32 bits per heavy atom. The van der Waals surface area contributed by atoms with E-state index in [1.165, 1.54) is 16.7 Å². The van der Waals surface area contributed by atoms with Crippen LogP contribution in [0.15, 0.2) is 18.2 Å². The van der Waals surface area contributed by atoms with Crippen LogP contribution in [0.25, 0.3) is 0 Å². The first-order valence-electron chi connectivity index (χ1n) is 7.35. The Labute approximate surface area is 116 Å². The van der Waals surface area contributed by atoms with Crippen LogP contribution in [0.1, 0.15) is 36.5 Å². The van der Waals surface area contributed by atoms with Gasteiger partial charge >= 0.3 is 0 Å². The van der Waals surface area contributed by atoms with Crippen molar-refractivity contribution in [2.24, 2.45) is 5.73 Å². The molecule has 2 N–H and O–H groups in total. The lowest BCUT2D eigenvalue weighted by atomic mass is 10.0. The molecule has 0 aliphatic carbocycles. The van der Waals surface area contributed by atoms with E-state index in [2.05, 4.69) is 36.9 Å². The molecule has 106 valence electrons. The number of ether oxygens (including phenoxy) is 1. The molecule has 3 nitrogen and oxygen atoms in total. The van der Waals surface area contributed by atoms with E-state index in [0.717, 1.165) is 39.1 Å². The number of hydrogen-bond acceptors (Lipinski definition) is 3. The minimum absolute atomic E-state index is 0.474. The maximum atomic E-state index is 5.69. The van der Waals surface area contributed by atoms with Crippen LogP contribution in [-0.4, -0.2) is 30.7 Å². The van der Waals surface area contributed by atoms with Gasteiger partial charge in [-0.15, -0.1) is 0 Å². The summed E-state index contributed by atoms with van der Waals surface area (Å²) < 4.78 is 5.69. The fourth-order valence-electron chi connectivity index (χ4n) is 2.77. The second-order valence-corrected chi connectivity index (χ2v) is 5.40. The van der Waals surface area contributed by atoms with Gasteiger partial charge in [-0.25, -0.2) is 0 Å². The maximum Gasteiger partial charge on any atom is 0.0599 e. The van der Waals surface area contributed by atoms with Crippen molar-refractivity contribution < 1.29 is 4.74 Å². The summed E-state index contributed by atoms with van der Waals surface area (Å²) in [6.45, 7) is 9.06. The van der Waals surface area contributed by atoms with Crippen LogP contribution in [0.3, 0.4) is 0 Å². The summed E-state index contributed by atoms with van der Waals surface area (Å²) >= 11 is 0. The third-order valence-corrected chi connectivity index (χ3v) is 3.97. The molecule has 0 bridgehead atoms. The van der Waals surface area contributed by atoms with E-state index in [-0.39, 0.29) is 0 Å². The number of hydrogen-bond donors (Lipinski definition) is 1. The lowest BCUT2D eigenvalue weighted by molar-refractivity contribution is 0.0125. The highest BCUT2D eigenvalue weighted by Gasteiger charge is 2.19. The van der Waals surface area contributed by atoms with Crippen LogP contribution in [-0.2, 0) is 17.8 Å². The van der Waals surface area contributed by atoms with Crippen LogP contribution in [0.2, 0.25) is 0 Å². The number of benzene rings is 1. The minimum Gasteiger partial charge on any atom is -0.378 e. The zero-order chi connectivity index (χ0) is 13.7. The summed E-state index contributed by atoms with van der Waals surface area (Å²) in [5, 5.41) is 0. The summed E-state index contributed by atoms with van der Waals surface area (Å²) in [6, 6.07) is 6.59. The van der Waals surface area contributed by atoms with Crippen molar-refractivity contribution in [3.05, 3.63) is 34.9 Å². The fourth-order valence-corrected chi connectivity index (χ4v) is 2.77. The molecule has 3 heteroatoms. The van der Waals surface area contributed by atoms with Crippen LogP contribution >= 0.6 is 0 Å². The molecule has 1 saturated heterocycles. The van der Waals surface area contributed by atoms with E-state index in [1.54, 1.807) is 0 Å². The third kappa shape index (κ3) is 4.03. The van der Waals surface area contributed by atoms with Crippen molar-refractivity contribution in [1.29, 1.82) is 0 Å². The Kier molecular flexibility index (Phi) is 5.37. The summed E-state index contributed by atoms with van der Waals surface area (Å²) in [4.78, 5) is 2.53. The maximum absolute atomic E-state index is 5.69. The summed E-state index contributed by atoms with van der Waals surface area (Å²) in [6.07, 6.45) is 2.80. The van der Waals surface area contributed by atoms with E-state index in [0.29, 0.717) is 12.6 Å². The van der Waals surface area contributed by atoms with Crippen molar-refractivity contribution in [3.8, 4) is 0 Å². The molecule has 0 aromatic heterocycles. The average molecular weight is 262 g/mol. The fraction of sp³-hybridized carbons (Fsp3) is 0.625. The Bertz CT molecular complexity index is 398. The molecule has 1 fully saturated rings. The normalized spacial score (nSPS) is 17.8. The summed E-state index contributed by atoms with van der Waals surface area (Å²) in [7, 11) is 0.